The van der Waals surface area contributed by atoms with Gasteiger partial charge in [-0.3, -0.25) is 4.79 Å². The molecule has 1 aromatic carbocycles. The molecular weight excluding hydrogens is 456 g/mol. The van der Waals surface area contributed by atoms with E-state index in [0.29, 0.717) is 39.1 Å². The molecule has 1 amide bonds. The Balaban J connectivity index is 1.47. The summed E-state index contributed by atoms with van der Waals surface area (Å²) < 4.78 is 24.9. The molecule has 3 N–H and O–H groups in total. The van der Waals surface area contributed by atoms with E-state index in [2.05, 4.69) is 18.0 Å². The van der Waals surface area contributed by atoms with Gasteiger partial charge in [0.1, 0.15) is 9.71 Å². The maximum Gasteiger partial charge on any atom is 0.289 e. The van der Waals surface area contributed by atoms with Crippen molar-refractivity contribution in [1.29, 1.82) is 0 Å². The molecule has 1 unspecified atom stereocenters. The number of aromatic nitrogens is 1. The van der Waals surface area contributed by atoms with Gasteiger partial charge in [0.25, 0.3) is 5.91 Å². The number of para-hydroxylation sites is 1. The lowest BCUT2D eigenvalue weighted by molar-refractivity contribution is 0.101. The second kappa shape index (κ2) is 8.49. The number of aryl methyl sites for hydroxylation is 1. The number of nitrogens with zero attached hydrogens (tertiary/aromatic N) is 3. The van der Waals surface area contributed by atoms with Crippen LogP contribution in [-0.2, 0) is 16.4 Å². The Morgan fingerprint density at radius 3 is 2.67 bits per heavy atom. The van der Waals surface area contributed by atoms with Gasteiger partial charge in [-0.05, 0) is 55.2 Å². The predicted molar refractivity (Wildman–Crippen MR) is 138 cm³/mol. The SMILES string of the molecule is CCc1cccc2cc3c(N)c(C(=O)N=C4C=CC(=S(=O)(O)N5CCCC5)C=C4)sc3nc12. The van der Waals surface area contributed by atoms with Gasteiger partial charge in [0.2, 0.25) is 0 Å². The molecule has 2 aliphatic rings. The third kappa shape index (κ3) is 3.91. The van der Waals surface area contributed by atoms with E-state index in [1.54, 1.807) is 28.6 Å². The van der Waals surface area contributed by atoms with E-state index in [1.165, 1.54) is 11.3 Å². The number of rotatable bonds is 3. The summed E-state index contributed by atoms with van der Waals surface area (Å²) in [6.45, 7) is 3.30. The number of aliphatic imine (C=N–C) groups is 1. The van der Waals surface area contributed by atoms with Gasteiger partial charge in [-0.2, -0.15) is 0 Å². The molecule has 1 aliphatic carbocycles. The molecule has 1 aliphatic heterocycles. The summed E-state index contributed by atoms with van der Waals surface area (Å²) in [5.74, 6) is -0.452. The lowest BCUT2D eigenvalue weighted by atomic mass is 10.1. The van der Waals surface area contributed by atoms with Crippen LogP contribution in [0.5, 0.6) is 0 Å². The number of nitrogen functional groups attached to an aromatic ring is 1. The number of thiophene rings is 1. The molecule has 1 atom stereocenters. The second-order valence-corrected chi connectivity index (χ2v) is 11.1. The molecule has 0 bridgehead atoms. The molecule has 0 saturated carbocycles. The van der Waals surface area contributed by atoms with Gasteiger partial charge >= 0.3 is 0 Å². The lowest BCUT2D eigenvalue weighted by Gasteiger charge is -2.19. The minimum atomic E-state index is -3.25. The van der Waals surface area contributed by atoms with Crippen molar-refractivity contribution in [2.45, 2.75) is 26.2 Å². The van der Waals surface area contributed by atoms with E-state index in [9.17, 15) is 13.6 Å². The Hall–Kier alpha value is -2.85. The number of fused-ring (bicyclic) bond motifs is 2. The summed E-state index contributed by atoms with van der Waals surface area (Å²) in [5, 5.41) is 1.74. The van der Waals surface area contributed by atoms with Crippen molar-refractivity contribution in [2.24, 2.45) is 4.99 Å². The van der Waals surface area contributed by atoms with Crippen LogP contribution in [0.3, 0.4) is 0 Å². The van der Waals surface area contributed by atoms with E-state index < -0.39 is 15.9 Å². The molecule has 170 valence electrons. The number of amides is 1. The highest BCUT2D eigenvalue weighted by Gasteiger charge is 2.24. The Morgan fingerprint density at radius 2 is 1.97 bits per heavy atom. The molecule has 0 radical (unpaired) electrons. The largest absolute Gasteiger partial charge is 0.397 e. The number of benzene rings is 1. The topological polar surface area (TPSA) is 109 Å². The van der Waals surface area contributed by atoms with Crippen LogP contribution >= 0.6 is 11.3 Å². The number of allylic oxidation sites excluding steroid dienone is 4. The van der Waals surface area contributed by atoms with Crippen molar-refractivity contribution in [3.63, 3.8) is 0 Å². The average Bonchev–Trinajstić information content (AvgIpc) is 3.47. The van der Waals surface area contributed by atoms with Crippen LogP contribution in [0.4, 0.5) is 5.69 Å². The minimum Gasteiger partial charge on any atom is -0.397 e. The normalized spacial score (nSPS) is 18.4. The van der Waals surface area contributed by atoms with E-state index >= 15 is 0 Å². The van der Waals surface area contributed by atoms with Crippen molar-refractivity contribution in [3.8, 4) is 0 Å². The first kappa shape index (κ1) is 22.0. The molecule has 0 spiro atoms. The number of anilines is 1. The van der Waals surface area contributed by atoms with Crippen LogP contribution in [0.1, 0.15) is 35.0 Å². The molecule has 1 saturated heterocycles. The number of hydrogen-bond acceptors (Lipinski definition) is 5. The van der Waals surface area contributed by atoms with E-state index in [-0.39, 0.29) is 0 Å². The fourth-order valence-corrected chi connectivity index (χ4v) is 6.69. The van der Waals surface area contributed by atoms with Crippen molar-refractivity contribution in [2.75, 3.05) is 18.8 Å². The lowest BCUT2D eigenvalue weighted by Crippen LogP contribution is -2.32. The molecule has 1 fully saturated rings. The first-order valence-corrected chi connectivity index (χ1v) is 13.2. The van der Waals surface area contributed by atoms with Crippen LogP contribution in [-0.4, -0.2) is 47.6 Å². The maximum atomic E-state index is 12.9. The monoisotopic (exact) mass is 480 g/mol. The first-order valence-electron chi connectivity index (χ1n) is 10.9. The standard InChI is InChI=1S/C24H24N4O3S2/c1-2-15-6-5-7-16-14-19-20(25)22(32-24(19)27-21(15)16)23(29)26-17-8-10-18(11-9-17)33(30,31)28-12-3-4-13-28/h5-11,14H,2-4,12-13,25H2,1H3,(H,30,31). The van der Waals surface area contributed by atoms with E-state index in [4.69, 9.17) is 10.7 Å². The highest BCUT2D eigenvalue weighted by Crippen LogP contribution is 2.35. The summed E-state index contributed by atoms with van der Waals surface area (Å²) >= 11 is 1.24. The summed E-state index contributed by atoms with van der Waals surface area (Å²) in [4.78, 5) is 23.3. The van der Waals surface area contributed by atoms with Crippen LogP contribution < -0.4 is 5.73 Å². The quantitative estimate of drug-likeness (QED) is 0.545. The number of pyridine rings is 1. The second-order valence-electron chi connectivity index (χ2n) is 8.07. The molecule has 2 aromatic heterocycles. The zero-order valence-electron chi connectivity index (χ0n) is 18.2. The van der Waals surface area contributed by atoms with Crippen LogP contribution in [0.15, 0.2) is 53.6 Å². The molecule has 7 nitrogen and oxygen atoms in total. The third-order valence-electron chi connectivity index (χ3n) is 5.99. The van der Waals surface area contributed by atoms with Gasteiger partial charge in [-0.1, -0.05) is 25.1 Å². The van der Waals surface area contributed by atoms with Gasteiger partial charge < -0.3 is 10.3 Å². The van der Waals surface area contributed by atoms with Gasteiger partial charge in [-0.15, -0.1) is 11.3 Å². The molecule has 3 aromatic rings. The fraction of sp³-hybridized carbons (Fsp3) is 0.250. The summed E-state index contributed by atoms with van der Waals surface area (Å²) in [6.07, 6.45) is 8.99. The number of nitrogens with two attached hydrogens (primary N) is 1. The zero-order chi connectivity index (χ0) is 23.2. The number of hydrogen-bond donors (Lipinski definition) is 2. The van der Waals surface area contributed by atoms with Crippen molar-refractivity contribution in [3.05, 3.63) is 59.0 Å². The summed E-state index contributed by atoms with van der Waals surface area (Å²) in [7, 11) is -3.25. The van der Waals surface area contributed by atoms with Gasteiger partial charge in [0, 0.05) is 23.9 Å². The minimum absolute atomic E-state index is 0.319. The van der Waals surface area contributed by atoms with Crippen LogP contribution in [0, 0.1) is 0 Å². The summed E-state index contributed by atoms with van der Waals surface area (Å²) in [5.41, 5.74) is 9.17. The molecule has 33 heavy (non-hydrogen) atoms. The molecule has 9 heteroatoms. The zero-order valence-corrected chi connectivity index (χ0v) is 19.8. The predicted octanol–water partition coefficient (Wildman–Crippen LogP) is 4.24. The van der Waals surface area contributed by atoms with Gasteiger partial charge in [0.05, 0.1) is 21.8 Å². The Labute approximate surface area is 196 Å². The Morgan fingerprint density at radius 1 is 1.24 bits per heavy atom. The van der Waals surface area contributed by atoms with Crippen molar-refractivity contribution in [1.82, 2.24) is 9.29 Å². The first-order chi connectivity index (χ1) is 15.9. The smallest absolute Gasteiger partial charge is 0.289 e. The molecule has 3 heterocycles. The fourth-order valence-electron chi connectivity index (χ4n) is 4.18. The molecule has 5 rings (SSSR count). The highest BCUT2D eigenvalue weighted by molar-refractivity contribution is 7.95. The van der Waals surface area contributed by atoms with Gasteiger partial charge in [-0.25, -0.2) is 18.5 Å². The summed E-state index contributed by atoms with van der Waals surface area (Å²) in [6, 6.07) is 8.02. The third-order valence-corrected chi connectivity index (χ3v) is 9.05. The van der Waals surface area contributed by atoms with E-state index in [1.807, 2.05) is 18.2 Å². The van der Waals surface area contributed by atoms with Gasteiger partial charge in [0.15, 0.2) is 9.99 Å². The number of carbonyl (C=O) groups excluding carboxylic acids is 1. The Kier molecular flexibility index (Phi) is 5.65. The van der Waals surface area contributed by atoms with Crippen molar-refractivity contribution >= 4 is 64.6 Å². The number of carbonyl (C=O) groups is 1. The van der Waals surface area contributed by atoms with Crippen LogP contribution in [0.2, 0.25) is 0 Å². The maximum absolute atomic E-state index is 12.9. The molecular formula is C24H24N4O3S2. The van der Waals surface area contributed by atoms with E-state index in [0.717, 1.165) is 41.1 Å². The Bertz CT molecular complexity index is 1480. The average molecular weight is 481 g/mol. The van der Waals surface area contributed by atoms with Crippen LogP contribution in [0.25, 0.3) is 21.1 Å². The highest BCUT2D eigenvalue weighted by atomic mass is 32.2. The van der Waals surface area contributed by atoms with Crippen molar-refractivity contribution < 1.29 is 13.6 Å².